The zero-order valence-corrected chi connectivity index (χ0v) is 15.3. The summed E-state index contributed by atoms with van der Waals surface area (Å²) in [6.45, 7) is 5.87. The van der Waals surface area contributed by atoms with E-state index in [9.17, 15) is 4.79 Å². The summed E-state index contributed by atoms with van der Waals surface area (Å²) in [7, 11) is 0. The van der Waals surface area contributed by atoms with E-state index in [1.807, 2.05) is 36.1 Å². The number of aryl methyl sites for hydroxylation is 1. The maximum absolute atomic E-state index is 12.7. The van der Waals surface area contributed by atoms with Crippen molar-refractivity contribution in [2.24, 2.45) is 0 Å². The van der Waals surface area contributed by atoms with Gasteiger partial charge in [0.2, 0.25) is 5.91 Å². The molecule has 0 bridgehead atoms. The predicted molar refractivity (Wildman–Crippen MR) is 98.8 cm³/mol. The van der Waals surface area contributed by atoms with Crippen molar-refractivity contribution in [2.45, 2.75) is 32.4 Å². The Kier molecular flexibility index (Phi) is 4.43. The molecule has 0 spiro atoms. The third-order valence-electron chi connectivity index (χ3n) is 5.09. The number of hydrogen-bond donors (Lipinski definition) is 1. The molecule has 1 amide bonds. The highest BCUT2D eigenvalue weighted by atomic mass is 32.1. The fourth-order valence-corrected chi connectivity index (χ4v) is 3.60. The minimum Gasteiger partial charge on any atom is -0.339 e. The summed E-state index contributed by atoms with van der Waals surface area (Å²) >= 11 is 5.35. The molecular formula is C18H23N5OS. The van der Waals surface area contributed by atoms with Crippen molar-refractivity contribution < 1.29 is 4.79 Å². The number of benzene rings is 1. The van der Waals surface area contributed by atoms with Crippen molar-refractivity contribution in [1.29, 1.82) is 0 Å². The van der Waals surface area contributed by atoms with Crippen molar-refractivity contribution in [3.63, 3.8) is 0 Å². The number of carbonyl (C=O) groups is 1. The molecule has 2 fully saturated rings. The molecule has 1 aromatic heterocycles. The summed E-state index contributed by atoms with van der Waals surface area (Å²) in [6.07, 6.45) is 2.63. The highest BCUT2D eigenvalue weighted by Crippen LogP contribution is 2.27. The van der Waals surface area contributed by atoms with Gasteiger partial charge in [0.25, 0.3) is 0 Å². The Morgan fingerprint density at radius 1 is 1.20 bits per heavy atom. The second-order valence-corrected chi connectivity index (χ2v) is 7.34. The van der Waals surface area contributed by atoms with E-state index >= 15 is 0 Å². The van der Waals surface area contributed by atoms with Crippen molar-refractivity contribution in [2.75, 3.05) is 26.2 Å². The van der Waals surface area contributed by atoms with Gasteiger partial charge in [-0.25, -0.2) is 0 Å². The van der Waals surface area contributed by atoms with Crippen LogP contribution in [-0.2, 0) is 11.3 Å². The molecule has 6 nitrogen and oxygen atoms in total. The third-order valence-corrected chi connectivity index (χ3v) is 5.40. The van der Waals surface area contributed by atoms with Crippen LogP contribution in [0.2, 0.25) is 0 Å². The smallest absolute Gasteiger partial charge is 0.242 e. The summed E-state index contributed by atoms with van der Waals surface area (Å²) in [5.41, 5.74) is 2.15. The van der Waals surface area contributed by atoms with E-state index in [0.29, 0.717) is 4.77 Å². The molecule has 1 saturated heterocycles. The SMILES string of the molecule is Cc1ccc(-c2n[nH]c(=S)n2CC(=O)N2CCN(C3CC3)CC2)cc1. The zero-order chi connectivity index (χ0) is 17.4. The summed E-state index contributed by atoms with van der Waals surface area (Å²) in [5.74, 6) is 0.830. The number of hydrogen-bond acceptors (Lipinski definition) is 4. The number of aromatic nitrogens is 3. The first kappa shape index (κ1) is 16.5. The molecule has 1 aliphatic heterocycles. The Morgan fingerprint density at radius 2 is 1.88 bits per heavy atom. The number of rotatable bonds is 4. The minimum absolute atomic E-state index is 0.112. The molecule has 0 radical (unpaired) electrons. The molecule has 2 aliphatic rings. The van der Waals surface area contributed by atoms with Crippen LogP contribution in [0.25, 0.3) is 11.4 Å². The molecule has 2 aromatic rings. The van der Waals surface area contributed by atoms with Gasteiger partial charge in [-0.1, -0.05) is 29.8 Å². The van der Waals surface area contributed by atoms with Crippen LogP contribution in [0.5, 0.6) is 0 Å². The summed E-state index contributed by atoms with van der Waals surface area (Å²) in [5, 5.41) is 7.15. The van der Waals surface area contributed by atoms with E-state index in [0.717, 1.165) is 43.6 Å². The molecule has 25 heavy (non-hydrogen) atoms. The normalized spacial score (nSPS) is 18.5. The summed E-state index contributed by atoms with van der Waals surface area (Å²) in [4.78, 5) is 17.2. The molecule has 2 heterocycles. The first-order valence-corrected chi connectivity index (χ1v) is 9.27. The van der Waals surface area contributed by atoms with Crippen LogP contribution in [0.3, 0.4) is 0 Å². The van der Waals surface area contributed by atoms with E-state index in [2.05, 4.69) is 15.1 Å². The Balaban J connectivity index is 1.47. The third kappa shape index (κ3) is 3.52. The van der Waals surface area contributed by atoms with Gasteiger partial charge in [-0.3, -0.25) is 19.4 Å². The lowest BCUT2D eigenvalue weighted by Crippen LogP contribution is -2.50. The van der Waals surface area contributed by atoms with Gasteiger partial charge in [0.05, 0.1) is 0 Å². The number of piperazine rings is 1. The van der Waals surface area contributed by atoms with E-state index in [1.54, 1.807) is 4.57 Å². The maximum Gasteiger partial charge on any atom is 0.242 e. The molecule has 0 atom stereocenters. The number of nitrogens with zero attached hydrogens (tertiary/aromatic N) is 4. The van der Waals surface area contributed by atoms with Crippen molar-refractivity contribution in [3.8, 4) is 11.4 Å². The maximum atomic E-state index is 12.7. The van der Waals surface area contributed by atoms with E-state index < -0.39 is 0 Å². The number of amides is 1. The second-order valence-electron chi connectivity index (χ2n) is 6.95. The molecule has 1 N–H and O–H groups in total. The van der Waals surface area contributed by atoms with Crippen LogP contribution in [0.15, 0.2) is 24.3 Å². The Labute approximate surface area is 152 Å². The highest BCUT2D eigenvalue weighted by molar-refractivity contribution is 7.71. The molecular weight excluding hydrogens is 334 g/mol. The van der Waals surface area contributed by atoms with Gasteiger partial charge in [-0.05, 0) is 32.0 Å². The van der Waals surface area contributed by atoms with Crippen LogP contribution in [-0.4, -0.2) is 62.7 Å². The Morgan fingerprint density at radius 3 is 2.52 bits per heavy atom. The Bertz CT molecular complexity index is 813. The average molecular weight is 357 g/mol. The number of carbonyl (C=O) groups excluding carboxylic acids is 1. The summed E-state index contributed by atoms with van der Waals surface area (Å²) in [6, 6.07) is 8.87. The van der Waals surface area contributed by atoms with Gasteiger partial charge >= 0.3 is 0 Å². The monoisotopic (exact) mass is 357 g/mol. The molecule has 1 saturated carbocycles. The van der Waals surface area contributed by atoms with E-state index in [-0.39, 0.29) is 12.5 Å². The quantitative estimate of drug-likeness (QED) is 0.853. The largest absolute Gasteiger partial charge is 0.339 e. The molecule has 1 aromatic carbocycles. The van der Waals surface area contributed by atoms with E-state index in [1.165, 1.54) is 18.4 Å². The fraction of sp³-hybridized carbons (Fsp3) is 0.500. The summed E-state index contributed by atoms with van der Waals surface area (Å²) < 4.78 is 2.29. The fourth-order valence-electron chi connectivity index (χ4n) is 3.40. The first-order chi connectivity index (χ1) is 12.1. The van der Waals surface area contributed by atoms with Crippen LogP contribution in [0, 0.1) is 11.7 Å². The number of H-pyrrole nitrogens is 1. The average Bonchev–Trinajstić information content (AvgIpc) is 3.41. The number of nitrogens with one attached hydrogen (secondary N) is 1. The van der Waals surface area contributed by atoms with Crippen molar-refractivity contribution in [3.05, 3.63) is 34.6 Å². The van der Waals surface area contributed by atoms with Gasteiger partial charge in [0.1, 0.15) is 6.54 Å². The lowest BCUT2D eigenvalue weighted by atomic mass is 10.1. The number of aromatic amines is 1. The van der Waals surface area contributed by atoms with Crippen LogP contribution in [0.1, 0.15) is 18.4 Å². The van der Waals surface area contributed by atoms with Crippen LogP contribution in [0.4, 0.5) is 0 Å². The second kappa shape index (κ2) is 6.72. The van der Waals surface area contributed by atoms with Gasteiger partial charge in [0, 0.05) is 37.8 Å². The van der Waals surface area contributed by atoms with E-state index in [4.69, 9.17) is 12.2 Å². The van der Waals surface area contributed by atoms with Gasteiger partial charge in [-0.2, -0.15) is 5.10 Å². The lowest BCUT2D eigenvalue weighted by Gasteiger charge is -2.34. The minimum atomic E-state index is 0.112. The first-order valence-electron chi connectivity index (χ1n) is 8.86. The van der Waals surface area contributed by atoms with Gasteiger partial charge < -0.3 is 4.90 Å². The standard InChI is InChI=1S/C18H23N5OS/c1-13-2-4-14(5-3-13)17-19-20-18(25)23(17)12-16(24)22-10-8-21(9-11-22)15-6-7-15/h2-5,15H,6-12H2,1H3,(H,20,25). The van der Waals surface area contributed by atoms with Gasteiger partial charge in [-0.15, -0.1) is 0 Å². The Hall–Kier alpha value is -1.99. The van der Waals surface area contributed by atoms with Gasteiger partial charge in [0.15, 0.2) is 10.6 Å². The van der Waals surface area contributed by atoms with Crippen LogP contribution < -0.4 is 0 Å². The highest BCUT2D eigenvalue weighted by Gasteiger charge is 2.32. The molecule has 132 valence electrons. The molecule has 1 aliphatic carbocycles. The predicted octanol–water partition coefficient (Wildman–Crippen LogP) is 2.22. The lowest BCUT2D eigenvalue weighted by molar-refractivity contribution is -0.133. The van der Waals surface area contributed by atoms with Crippen molar-refractivity contribution in [1.82, 2.24) is 24.6 Å². The molecule has 4 rings (SSSR count). The zero-order valence-electron chi connectivity index (χ0n) is 14.4. The molecule has 0 unspecified atom stereocenters. The van der Waals surface area contributed by atoms with Crippen molar-refractivity contribution >= 4 is 18.1 Å². The topological polar surface area (TPSA) is 57.2 Å². The molecule has 7 heteroatoms. The van der Waals surface area contributed by atoms with Crippen LogP contribution >= 0.6 is 12.2 Å².